The molecule has 0 fully saturated rings. The third kappa shape index (κ3) is 3.88. The number of carbonyl (C=O) groups excluding carboxylic acids is 1. The van der Waals surface area contributed by atoms with Gasteiger partial charge >= 0.3 is 0 Å². The predicted octanol–water partition coefficient (Wildman–Crippen LogP) is 1.47. The Hall–Kier alpha value is -1.28. The summed E-state index contributed by atoms with van der Waals surface area (Å²) in [6.07, 6.45) is 1.54. The number of amides is 1. The van der Waals surface area contributed by atoms with Gasteiger partial charge in [-0.1, -0.05) is 6.07 Å². The zero-order valence-electron chi connectivity index (χ0n) is 9.51. The Morgan fingerprint density at radius 3 is 2.78 bits per heavy atom. The van der Waals surface area contributed by atoms with E-state index in [1.54, 1.807) is 0 Å². The van der Waals surface area contributed by atoms with Crippen LogP contribution in [0.2, 0.25) is 0 Å². The highest BCUT2D eigenvalue weighted by molar-refractivity contribution is 9.10. The van der Waals surface area contributed by atoms with Crippen LogP contribution in [-0.4, -0.2) is 33.6 Å². The van der Waals surface area contributed by atoms with Gasteiger partial charge in [-0.25, -0.2) is 0 Å². The lowest BCUT2D eigenvalue weighted by Gasteiger charge is -2.06. The average Bonchev–Trinajstić information content (AvgIpc) is 2.28. The zero-order valence-corrected chi connectivity index (χ0v) is 11.9. The van der Waals surface area contributed by atoms with Gasteiger partial charge < -0.3 is 5.32 Å². The standard InChI is InChI=1S/C10H11BrN2O4S/c1-18(17)6-5-12-10(14)7-3-2-4-8(9(7)11)13(15)16/h2-4H,5-6H2,1H3,(H,12,14). The molecule has 6 nitrogen and oxygen atoms in total. The Bertz CT molecular complexity index is 507. The molecule has 1 unspecified atom stereocenters. The number of benzene rings is 1. The molecule has 1 amide bonds. The highest BCUT2D eigenvalue weighted by Gasteiger charge is 2.18. The van der Waals surface area contributed by atoms with Crippen molar-refractivity contribution in [2.24, 2.45) is 0 Å². The van der Waals surface area contributed by atoms with E-state index in [0.717, 1.165) is 0 Å². The van der Waals surface area contributed by atoms with Crippen molar-refractivity contribution in [3.05, 3.63) is 38.3 Å². The van der Waals surface area contributed by atoms with Gasteiger partial charge in [-0.05, 0) is 22.0 Å². The highest BCUT2D eigenvalue weighted by Crippen LogP contribution is 2.27. The van der Waals surface area contributed by atoms with E-state index in [-0.39, 0.29) is 22.3 Å². The Morgan fingerprint density at radius 1 is 1.56 bits per heavy atom. The molecule has 0 heterocycles. The fourth-order valence-electron chi connectivity index (χ4n) is 1.24. The molecule has 1 rings (SSSR count). The van der Waals surface area contributed by atoms with Gasteiger partial charge in [0.2, 0.25) is 0 Å². The largest absolute Gasteiger partial charge is 0.351 e. The minimum Gasteiger partial charge on any atom is -0.351 e. The van der Waals surface area contributed by atoms with Crippen molar-refractivity contribution in [3.8, 4) is 0 Å². The predicted molar refractivity (Wildman–Crippen MR) is 72.1 cm³/mol. The number of nitrogens with zero attached hydrogens (tertiary/aromatic N) is 1. The summed E-state index contributed by atoms with van der Waals surface area (Å²) >= 11 is 3.04. The summed E-state index contributed by atoms with van der Waals surface area (Å²) < 4.78 is 11.0. The second-order valence-corrected chi connectivity index (χ2v) is 5.78. The maximum Gasteiger partial charge on any atom is 0.284 e. The number of rotatable bonds is 5. The van der Waals surface area contributed by atoms with E-state index < -0.39 is 21.6 Å². The van der Waals surface area contributed by atoms with E-state index in [0.29, 0.717) is 5.75 Å². The minimum atomic E-state index is -0.990. The van der Waals surface area contributed by atoms with Crippen LogP contribution in [0.15, 0.2) is 22.7 Å². The Balaban J connectivity index is 2.83. The van der Waals surface area contributed by atoms with Crippen LogP contribution in [0.5, 0.6) is 0 Å². The fourth-order valence-corrected chi connectivity index (χ4v) is 2.22. The molecule has 0 aliphatic rings. The molecule has 98 valence electrons. The lowest BCUT2D eigenvalue weighted by molar-refractivity contribution is -0.385. The van der Waals surface area contributed by atoms with Gasteiger partial charge in [0.25, 0.3) is 11.6 Å². The second-order valence-electron chi connectivity index (χ2n) is 3.43. The Labute approximate surface area is 114 Å². The lowest BCUT2D eigenvalue weighted by atomic mass is 10.2. The smallest absolute Gasteiger partial charge is 0.284 e. The summed E-state index contributed by atoms with van der Waals surface area (Å²) in [5, 5.41) is 13.3. The number of hydrogen-bond donors (Lipinski definition) is 1. The number of carbonyl (C=O) groups is 1. The molecule has 1 atom stereocenters. The topological polar surface area (TPSA) is 89.3 Å². The SMILES string of the molecule is CS(=O)CCNC(=O)c1cccc([N+](=O)[O-])c1Br. The number of hydrogen-bond acceptors (Lipinski definition) is 4. The van der Waals surface area contributed by atoms with Crippen molar-refractivity contribution >= 4 is 38.3 Å². The van der Waals surface area contributed by atoms with E-state index in [9.17, 15) is 19.1 Å². The van der Waals surface area contributed by atoms with Crippen LogP contribution in [0.4, 0.5) is 5.69 Å². The molecule has 0 aromatic heterocycles. The molecule has 0 aliphatic heterocycles. The first-order chi connectivity index (χ1) is 8.43. The molecule has 0 spiro atoms. The normalized spacial score (nSPS) is 11.9. The summed E-state index contributed by atoms with van der Waals surface area (Å²) in [7, 11) is -0.990. The van der Waals surface area contributed by atoms with E-state index in [1.165, 1.54) is 24.5 Å². The first-order valence-corrected chi connectivity index (χ1v) is 7.46. The van der Waals surface area contributed by atoms with Crippen LogP contribution in [0.1, 0.15) is 10.4 Å². The Morgan fingerprint density at radius 2 is 2.22 bits per heavy atom. The molecule has 0 saturated heterocycles. The van der Waals surface area contributed by atoms with Crippen LogP contribution < -0.4 is 5.32 Å². The summed E-state index contributed by atoms with van der Waals surface area (Å²) in [6.45, 7) is 0.261. The monoisotopic (exact) mass is 334 g/mol. The first-order valence-electron chi connectivity index (χ1n) is 4.94. The van der Waals surface area contributed by atoms with Crippen molar-refractivity contribution in [2.45, 2.75) is 0 Å². The molecule has 1 N–H and O–H groups in total. The summed E-state index contributed by atoms with van der Waals surface area (Å²) in [4.78, 5) is 21.9. The minimum absolute atomic E-state index is 0.144. The van der Waals surface area contributed by atoms with Gasteiger partial charge in [0, 0.05) is 35.4 Å². The van der Waals surface area contributed by atoms with Gasteiger partial charge in [-0.2, -0.15) is 0 Å². The van der Waals surface area contributed by atoms with Gasteiger partial charge in [-0.15, -0.1) is 0 Å². The maximum absolute atomic E-state index is 11.8. The number of nitro benzene ring substituents is 1. The zero-order chi connectivity index (χ0) is 13.7. The van der Waals surface area contributed by atoms with Crippen LogP contribution in [0, 0.1) is 10.1 Å². The quantitative estimate of drug-likeness (QED) is 0.652. The third-order valence-corrected chi connectivity index (χ3v) is 3.71. The summed E-state index contributed by atoms with van der Waals surface area (Å²) in [5.74, 6) is -0.0887. The van der Waals surface area contributed by atoms with Crippen molar-refractivity contribution in [3.63, 3.8) is 0 Å². The van der Waals surface area contributed by atoms with Crippen LogP contribution in [0.3, 0.4) is 0 Å². The number of nitro groups is 1. The molecule has 0 radical (unpaired) electrons. The molecule has 0 bridgehead atoms. The molecule has 18 heavy (non-hydrogen) atoms. The number of nitrogens with one attached hydrogen (secondary N) is 1. The Kier molecular flexibility index (Phi) is 5.42. The van der Waals surface area contributed by atoms with Gasteiger partial charge in [-0.3, -0.25) is 19.1 Å². The van der Waals surface area contributed by atoms with Crippen molar-refractivity contribution in [1.82, 2.24) is 5.32 Å². The molecular weight excluding hydrogens is 324 g/mol. The van der Waals surface area contributed by atoms with Crippen molar-refractivity contribution in [2.75, 3.05) is 18.6 Å². The van der Waals surface area contributed by atoms with Crippen LogP contribution in [-0.2, 0) is 10.8 Å². The van der Waals surface area contributed by atoms with E-state index >= 15 is 0 Å². The van der Waals surface area contributed by atoms with E-state index in [1.807, 2.05) is 0 Å². The van der Waals surface area contributed by atoms with Crippen LogP contribution in [0.25, 0.3) is 0 Å². The molecule has 1 aromatic carbocycles. The van der Waals surface area contributed by atoms with Gasteiger partial charge in [0.1, 0.15) is 4.47 Å². The van der Waals surface area contributed by atoms with E-state index in [4.69, 9.17) is 0 Å². The maximum atomic E-state index is 11.8. The van der Waals surface area contributed by atoms with Gasteiger partial charge in [0.05, 0.1) is 10.5 Å². The average molecular weight is 335 g/mol. The van der Waals surface area contributed by atoms with E-state index in [2.05, 4.69) is 21.2 Å². The lowest BCUT2D eigenvalue weighted by Crippen LogP contribution is -2.27. The molecule has 0 aliphatic carbocycles. The van der Waals surface area contributed by atoms with Crippen molar-refractivity contribution in [1.29, 1.82) is 0 Å². The third-order valence-electron chi connectivity index (χ3n) is 2.09. The molecule has 1 aromatic rings. The summed E-state index contributed by atoms with van der Waals surface area (Å²) in [6, 6.07) is 4.23. The number of halogens is 1. The first kappa shape index (κ1) is 14.8. The van der Waals surface area contributed by atoms with Crippen molar-refractivity contribution < 1.29 is 13.9 Å². The molecular formula is C10H11BrN2O4S. The summed E-state index contributed by atoms with van der Waals surface area (Å²) in [5.41, 5.74) is 0.0211. The molecule has 0 saturated carbocycles. The highest BCUT2D eigenvalue weighted by atomic mass is 79.9. The van der Waals surface area contributed by atoms with Crippen LogP contribution >= 0.6 is 15.9 Å². The van der Waals surface area contributed by atoms with Gasteiger partial charge in [0.15, 0.2) is 0 Å². The second kappa shape index (κ2) is 6.60. The molecule has 8 heteroatoms. The fraction of sp³-hybridized carbons (Fsp3) is 0.300.